The largest absolute Gasteiger partial charge is 0.394 e. The third kappa shape index (κ3) is 1.96. The van der Waals surface area contributed by atoms with Crippen LogP contribution in [0.4, 0.5) is 5.82 Å². The lowest BCUT2D eigenvalue weighted by Crippen LogP contribution is -2.37. The fourth-order valence-corrected chi connectivity index (χ4v) is 1.27. The van der Waals surface area contributed by atoms with Crippen LogP contribution in [0.1, 0.15) is 18.2 Å². The van der Waals surface area contributed by atoms with Gasteiger partial charge in [-0.15, -0.1) is 0 Å². The Balaban J connectivity index is 3.16. The van der Waals surface area contributed by atoms with Crippen molar-refractivity contribution in [3.63, 3.8) is 0 Å². The van der Waals surface area contributed by atoms with Crippen molar-refractivity contribution in [3.05, 3.63) is 23.4 Å². The first-order chi connectivity index (χ1) is 5.97. The number of nitrogens with zero attached hydrogens (tertiary/aromatic N) is 1. The fraction of sp³-hybridized carbons (Fsp3) is 0.444. The zero-order valence-corrected chi connectivity index (χ0v) is 7.91. The first-order valence-corrected chi connectivity index (χ1v) is 4.11. The first kappa shape index (κ1) is 9.95. The third-order valence-electron chi connectivity index (χ3n) is 2.05. The molecule has 0 saturated carbocycles. The smallest absolute Gasteiger partial charge is 0.123 e. The summed E-state index contributed by atoms with van der Waals surface area (Å²) in [5.74, 6) is 0.468. The number of aliphatic hydroxyl groups excluding tert-OH is 1. The van der Waals surface area contributed by atoms with Crippen LogP contribution in [0, 0.1) is 6.92 Å². The van der Waals surface area contributed by atoms with E-state index in [9.17, 15) is 0 Å². The Bertz CT molecular complexity index is 310. The van der Waals surface area contributed by atoms with E-state index in [0.29, 0.717) is 5.82 Å². The highest BCUT2D eigenvalue weighted by molar-refractivity contribution is 5.36. The minimum absolute atomic E-state index is 0.112. The summed E-state index contributed by atoms with van der Waals surface area (Å²) in [5.41, 5.74) is 12.2. The van der Waals surface area contributed by atoms with E-state index in [1.165, 1.54) is 0 Å². The van der Waals surface area contributed by atoms with Crippen molar-refractivity contribution in [2.75, 3.05) is 12.3 Å². The Labute approximate surface area is 77.6 Å². The SMILES string of the molecule is Cc1nc(N)ccc1[C@](C)(N)CO. The second-order valence-corrected chi connectivity index (χ2v) is 3.44. The lowest BCUT2D eigenvalue weighted by atomic mass is 9.93. The molecule has 1 heterocycles. The Hall–Kier alpha value is -1.13. The van der Waals surface area contributed by atoms with E-state index in [0.717, 1.165) is 11.3 Å². The van der Waals surface area contributed by atoms with E-state index in [4.69, 9.17) is 16.6 Å². The molecule has 0 spiro atoms. The van der Waals surface area contributed by atoms with Crippen molar-refractivity contribution >= 4 is 5.82 Å². The molecular formula is C9H15N3O. The Morgan fingerprint density at radius 3 is 2.62 bits per heavy atom. The average Bonchev–Trinajstić information content (AvgIpc) is 2.03. The standard InChI is InChI=1S/C9H15N3O/c1-6-7(9(2,11)5-13)3-4-8(10)12-6/h3-4,13H,5,11H2,1-2H3,(H2,10,12)/t9-/m1/s1. The van der Waals surface area contributed by atoms with Crippen LogP contribution < -0.4 is 11.5 Å². The third-order valence-corrected chi connectivity index (χ3v) is 2.05. The number of aryl methyl sites for hydroxylation is 1. The number of aliphatic hydroxyl groups is 1. The van der Waals surface area contributed by atoms with E-state index in [1.54, 1.807) is 19.1 Å². The summed E-state index contributed by atoms with van der Waals surface area (Å²) in [6, 6.07) is 3.48. The zero-order valence-electron chi connectivity index (χ0n) is 7.91. The summed E-state index contributed by atoms with van der Waals surface area (Å²) < 4.78 is 0. The molecule has 4 heteroatoms. The normalized spacial score (nSPS) is 15.4. The number of aromatic nitrogens is 1. The van der Waals surface area contributed by atoms with Crippen molar-refractivity contribution in [1.29, 1.82) is 0 Å². The summed E-state index contributed by atoms with van der Waals surface area (Å²) in [5, 5.41) is 9.06. The predicted molar refractivity (Wildman–Crippen MR) is 52.0 cm³/mol. The van der Waals surface area contributed by atoms with Crippen molar-refractivity contribution in [2.24, 2.45) is 5.73 Å². The van der Waals surface area contributed by atoms with Crippen LogP contribution in [0.5, 0.6) is 0 Å². The molecule has 72 valence electrons. The van der Waals surface area contributed by atoms with E-state index in [2.05, 4.69) is 4.98 Å². The molecule has 1 aromatic rings. The molecule has 0 saturated heterocycles. The summed E-state index contributed by atoms with van der Waals surface area (Å²) in [6.45, 7) is 3.47. The summed E-state index contributed by atoms with van der Waals surface area (Å²) >= 11 is 0. The molecule has 0 amide bonds. The van der Waals surface area contributed by atoms with E-state index >= 15 is 0 Å². The van der Waals surface area contributed by atoms with Crippen LogP contribution in [-0.4, -0.2) is 16.7 Å². The van der Waals surface area contributed by atoms with Crippen molar-refractivity contribution in [1.82, 2.24) is 4.98 Å². The lowest BCUT2D eigenvalue weighted by molar-refractivity contribution is 0.209. The number of hydrogen-bond donors (Lipinski definition) is 3. The summed E-state index contributed by atoms with van der Waals surface area (Å²) in [4.78, 5) is 4.07. The van der Waals surface area contributed by atoms with Gasteiger partial charge in [-0.05, 0) is 25.5 Å². The van der Waals surface area contributed by atoms with Gasteiger partial charge in [0.05, 0.1) is 12.1 Å². The van der Waals surface area contributed by atoms with Gasteiger partial charge in [-0.2, -0.15) is 0 Å². The monoisotopic (exact) mass is 181 g/mol. The topological polar surface area (TPSA) is 85.2 Å². The summed E-state index contributed by atoms with van der Waals surface area (Å²) in [6.07, 6.45) is 0. The molecule has 0 aromatic carbocycles. The van der Waals surface area contributed by atoms with Gasteiger partial charge in [0, 0.05) is 5.69 Å². The molecule has 1 atom stereocenters. The maximum atomic E-state index is 9.06. The van der Waals surface area contributed by atoms with E-state index in [-0.39, 0.29) is 6.61 Å². The number of anilines is 1. The van der Waals surface area contributed by atoms with E-state index in [1.807, 2.05) is 6.92 Å². The van der Waals surface area contributed by atoms with Crippen molar-refractivity contribution < 1.29 is 5.11 Å². The molecular weight excluding hydrogens is 166 g/mol. The van der Waals surface area contributed by atoms with Gasteiger partial charge in [-0.3, -0.25) is 0 Å². The molecule has 0 aliphatic heterocycles. The van der Waals surface area contributed by atoms with Crippen LogP contribution in [0.15, 0.2) is 12.1 Å². The van der Waals surface area contributed by atoms with E-state index < -0.39 is 5.54 Å². The van der Waals surface area contributed by atoms with Crippen LogP contribution >= 0.6 is 0 Å². The van der Waals surface area contributed by atoms with Gasteiger partial charge in [-0.1, -0.05) is 6.07 Å². The maximum Gasteiger partial charge on any atom is 0.123 e. The molecule has 5 N–H and O–H groups in total. The van der Waals surface area contributed by atoms with Crippen molar-refractivity contribution in [3.8, 4) is 0 Å². The molecule has 1 aromatic heterocycles. The Morgan fingerprint density at radius 2 is 2.15 bits per heavy atom. The van der Waals surface area contributed by atoms with Crippen LogP contribution in [0.25, 0.3) is 0 Å². The van der Waals surface area contributed by atoms with Gasteiger partial charge >= 0.3 is 0 Å². The minimum Gasteiger partial charge on any atom is -0.394 e. The molecule has 1 rings (SSSR count). The first-order valence-electron chi connectivity index (χ1n) is 4.11. The molecule has 0 aliphatic carbocycles. The number of hydrogen-bond acceptors (Lipinski definition) is 4. The lowest BCUT2D eigenvalue weighted by Gasteiger charge is -2.23. The number of nitrogen functional groups attached to an aromatic ring is 1. The average molecular weight is 181 g/mol. The number of rotatable bonds is 2. The van der Waals surface area contributed by atoms with Gasteiger partial charge in [0.1, 0.15) is 5.82 Å². The van der Waals surface area contributed by atoms with Crippen molar-refractivity contribution in [2.45, 2.75) is 19.4 Å². The molecule has 0 fully saturated rings. The zero-order chi connectivity index (χ0) is 10.1. The molecule has 0 bridgehead atoms. The Kier molecular flexibility index (Phi) is 2.54. The van der Waals surface area contributed by atoms with Gasteiger partial charge in [0.15, 0.2) is 0 Å². The van der Waals surface area contributed by atoms with Gasteiger partial charge in [-0.25, -0.2) is 4.98 Å². The Morgan fingerprint density at radius 1 is 1.54 bits per heavy atom. The van der Waals surface area contributed by atoms with Crippen LogP contribution in [0.3, 0.4) is 0 Å². The predicted octanol–water partition coefficient (Wildman–Crippen LogP) is 0.138. The molecule has 0 unspecified atom stereocenters. The van der Waals surface area contributed by atoms with Gasteiger partial charge in [0.25, 0.3) is 0 Å². The fourth-order valence-electron chi connectivity index (χ4n) is 1.27. The molecule has 4 nitrogen and oxygen atoms in total. The molecule has 0 aliphatic rings. The van der Waals surface area contributed by atoms with Crippen LogP contribution in [-0.2, 0) is 5.54 Å². The minimum atomic E-state index is -0.745. The second-order valence-electron chi connectivity index (χ2n) is 3.44. The summed E-state index contributed by atoms with van der Waals surface area (Å²) in [7, 11) is 0. The number of nitrogens with two attached hydrogens (primary N) is 2. The highest BCUT2D eigenvalue weighted by Crippen LogP contribution is 2.20. The highest BCUT2D eigenvalue weighted by atomic mass is 16.3. The maximum absolute atomic E-state index is 9.06. The molecule has 13 heavy (non-hydrogen) atoms. The van der Waals surface area contributed by atoms with Gasteiger partial charge in [0.2, 0.25) is 0 Å². The second kappa shape index (κ2) is 3.32. The molecule has 0 radical (unpaired) electrons. The highest BCUT2D eigenvalue weighted by Gasteiger charge is 2.22. The van der Waals surface area contributed by atoms with Crippen LogP contribution in [0.2, 0.25) is 0 Å². The quantitative estimate of drug-likeness (QED) is 0.605. The number of pyridine rings is 1. The van der Waals surface area contributed by atoms with Gasteiger partial charge < -0.3 is 16.6 Å².